The van der Waals surface area contributed by atoms with Gasteiger partial charge in [-0.1, -0.05) is 6.07 Å². The highest BCUT2D eigenvalue weighted by Gasteiger charge is 2.02. The molecule has 0 amide bonds. The lowest BCUT2D eigenvalue weighted by Gasteiger charge is -2.20. The summed E-state index contributed by atoms with van der Waals surface area (Å²) in [6.45, 7) is 7.68. The fraction of sp³-hybridized carbons (Fsp3) is 0.600. The van der Waals surface area contributed by atoms with Crippen LogP contribution in [-0.4, -0.2) is 31.1 Å². The van der Waals surface area contributed by atoms with Gasteiger partial charge in [0, 0.05) is 21.5 Å². The minimum atomic E-state index is 0.646. The van der Waals surface area contributed by atoms with E-state index < -0.39 is 0 Å². The van der Waals surface area contributed by atoms with Crippen molar-refractivity contribution >= 4 is 31.9 Å². The van der Waals surface area contributed by atoms with E-state index in [9.17, 15) is 0 Å². The van der Waals surface area contributed by atoms with Crippen LogP contribution in [0.25, 0.3) is 0 Å². The SMILES string of the molecule is CC(C)N(C)CCCCNCc1ccc(Br)c(Br)c1. The van der Waals surface area contributed by atoms with Gasteiger partial charge in [0.2, 0.25) is 0 Å². The summed E-state index contributed by atoms with van der Waals surface area (Å²) >= 11 is 7.01. The number of nitrogens with one attached hydrogen (secondary N) is 1. The first-order valence-electron chi connectivity index (χ1n) is 6.85. The third-order valence-electron chi connectivity index (χ3n) is 3.31. The van der Waals surface area contributed by atoms with Crippen molar-refractivity contribution in [3.63, 3.8) is 0 Å². The lowest BCUT2D eigenvalue weighted by Crippen LogP contribution is -2.27. The number of benzene rings is 1. The lowest BCUT2D eigenvalue weighted by atomic mass is 10.2. The molecule has 0 fully saturated rings. The van der Waals surface area contributed by atoms with E-state index in [1.807, 2.05) is 0 Å². The van der Waals surface area contributed by atoms with Crippen molar-refractivity contribution in [3.8, 4) is 0 Å². The Bertz CT molecular complexity index is 380. The maximum atomic E-state index is 3.53. The Morgan fingerprint density at radius 3 is 2.53 bits per heavy atom. The number of nitrogens with zero attached hydrogens (tertiary/aromatic N) is 1. The van der Waals surface area contributed by atoms with Gasteiger partial charge in [-0.3, -0.25) is 0 Å². The Morgan fingerprint density at radius 1 is 1.16 bits per heavy atom. The summed E-state index contributed by atoms with van der Waals surface area (Å²) in [6.07, 6.45) is 2.49. The molecule has 0 bridgehead atoms. The molecule has 0 saturated carbocycles. The summed E-state index contributed by atoms with van der Waals surface area (Å²) in [7, 11) is 2.19. The predicted molar refractivity (Wildman–Crippen MR) is 90.5 cm³/mol. The Labute approximate surface area is 134 Å². The quantitative estimate of drug-likeness (QED) is 0.659. The second-order valence-corrected chi connectivity index (χ2v) is 6.92. The number of unbranched alkanes of at least 4 members (excludes halogenated alkanes) is 1. The predicted octanol–water partition coefficient (Wildman–Crippen LogP) is 4.42. The molecule has 0 radical (unpaired) electrons. The summed E-state index contributed by atoms with van der Waals surface area (Å²) in [5, 5.41) is 3.50. The van der Waals surface area contributed by atoms with E-state index in [2.05, 4.69) is 81.2 Å². The van der Waals surface area contributed by atoms with Crippen molar-refractivity contribution in [3.05, 3.63) is 32.7 Å². The average Bonchev–Trinajstić information content (AvgIpc) is 2.37. The number of rotatable bonds is 8. The Kier molecular flexibility index (Phi) is 8.23. The van der Waals surface area contributed by atoms with E-state index in [0.717, 1.165) is 22.0 Å². The molecule has 2 nitrogen and oxygen atoms in total. The molecular weight excluding hydrogens is 368 g/mol. The minimum Gasteiger partial charge on any atom is -0.313 e. The zero-order valence-corrected chi connectivity index (χ0v) is 15.2. The van der Waals surface area contributed by atoms with Crippen molar-refractivity contribution in [1.29, 1.82) is 0 Å². The normalized spacial score (nSPS) is 11.5. The minimum absolute atomic E-state index is 0.646. The number of hydrogen-bond acceptors (Lipinski definition) is 2. The first kappa shape index (κ1) is 17.2. The smallest absolute Gasteiger partial charge is 0.0320 e. The van der Waals surface area contributed by atoms with Crippen LogP contribution in [0.4, 0.5) is 0 Å². The molecule has 0 atom stereocenters. The van der Waals surface area contributed by atoms with Gasteiger partial charge in [0.25, 0.3) is 0 Å². The molecular formula is C15H24Br2N2. The summed E-state index contributed by atoms with van der Waals surface area (Å²) in [5.41, 5.74) is 1.31. The molecule has 0 aliphatic carbocycles. The molecule has 19 heavy (non-hydrogen) atoms. The second kappa shape index (κ2) is 9.11. The molecule has 0 spiro atoms. The van der Waals surface area contributed by atoms with Crippen LogP contribution in [0.3, 0.4) is 0 Å². The highest BCUT2D eigenvalue weighted by Crippen LogP contribution is 2.23. The first-order valence-corrected chi connectivity index (χ1v) is 8.44. The van der Waals surface area contributed by atoms with E-state index in [0.29, 0.717) is 6.04 Å². The molecule has 0 heterocycles. The zero-order valence-electron chi connectivity index (χ0n) is 12.0. The zero-order chi connectivity index (χ0) is 14.3. The average molecular weight is 392 g/mol. The van der Waals surface area contributed by atoms with E-state index in [1.165, 1.54) is 24.9 Å². The van der Waals surface area contributed by atoms with Gasteiger partial charge >= 0.3 is 0 Å². The fourth-order valence-electron chi connectivity index (χ4n) is 1.75. The fourth-order valence-corrected chi connectivity index (χ4v) is 2.42. The van der Waals surface area contributed by atoms with E-state index in [4.69, 9.17) is 0 Å². The van der Waals surface area contributed by atoms with Gasteiger partial charge in [-0.05, 0) is 96.4 Å². The molecule has 0 aliphatic rings. The largest absolute Gasteiger partial charge is 0.313 e. The Morgan fingerprint density at radius 2 is 1.89 bits per heavy atom. The summed E-state index contributed by atoms with van der Waals surface area (Å²) < 4.78 is 2.22. The molecule has 4 heteroatoms. The van der Waals surface area contributed by atoms with Crippen LogP contribution in [0, 0.1) is 0 Å². The van der Waals surface area contributed by atoms with Crippen LogP contribution in [0.1, 0.15) is 32.3 Å². The summed E-state index contributed by atoms with van der Waals surface area (Å²) in [4.78, 5) is 2.39. The molecule has 0 aliphatic heterocycles. The maximum absolute atomic E-state index is 3.53. The molecule has 0 unspecified atom stereocenters. The van der Waals surface area contributed by atoms with Crippen molar-refractivity contribution in [2.75, 3.05) is 20.1 Å². The molecule has 0 saturated heterocycles. The van der Waals surface area contributed by atoms with Gasteiger partial charge in [-0.15, -0.1) is 0 Å². The number of hydrogen-bond donors (Lipinski definition) is 1. The monoisotopic (exact) mass is 390 g/mol. The standard InChI is InChI=1S/C15H24Br2N2/c1-12(2)19(3)9-5-4-8-18-11-13-6-7-14(16)15(17)10-13/h6-7,10,12,18H,4-5,8-9,11H2,1-3H3. The topological polar surface area (TPSA) is 15.3 Å². The maximum Gasteiger partial charge on any atom is 0.0320 e. The third-order valence-corrected chi connectivity index (χ3v) is 5.19. The van der Waals surface area contributed by atoms with Gasteiger partial charge in [-0.2, -0.15) is 0 Å². The van der Waals surface area contributed by atoms with Gasteiger partial charge in [-0.25, -0.2) is 0 Å². The summed E-state index contributed by atoms with van der Waals surface area (Å²) in [6, 6.07) is 7.03. The molecule has 1 N–H and O–H groups in total. The number of halogens is 2. The molecule has 108 valence electrons. The van der Waals surface area contributed by atoms with Crippen LogP contribution in [0.5, 0.6) is 0 Å². The van der Waals surface area contributed by atoms with Crippen molar-refractivity contribution in [2.24, 2.45) is 0 Å². The highest BCUT2D eigenvalue weighted by molar-refractivity contribution is 9.13. The van der Waals surface area contributed by atoms with E-state index >= 15 is 0 Å². The molecule has 0 aromatic heterocycles. The van der Waals surface area contributed by atoms with Gasteiger partial charge < -0.3 is 10.2 Å². The summed E-state index contributed by atoms with van der Waals surface area (Å²) in [5.74, 6) is 0. The van der Waals surface area contributed by atoms with Gasteiger partial charge in [0.15, 0.2) is 0 Å². The van der Waals surface area contributed by atoms with Crippen LogP contribution in [-0.2, 0) is 6.54 Å². The van der Waals surface area contributed by atoms with Gasteiger partial charge in [0.1, 0.15) is 0 Å². The van der Waals surface area contributed by atoms with Crippen LogP contribution >= 0.6 is 31.9 Å². The van der Waals surface area contributed by atoms with Crippen LogP contribution in [0.15, 0.2) is 27.1 Å². The third kappa shape index (κ3) is 6.89. The van der Waals surface area contributed by atoms with Crippen molar-refractivity contribution in [2.45, 2.75) is 39.3 Å². The van der Waals surface area contributed by atoms with E-state index in [1.54, 1.807) is 0 Å². The van der Waals surface area contributed by atoms with Crippen molar-refractivity contribution in [1.82, 2.24) is 10.2 Å². The Balaban J connectivity index is 2.12. The molecule has 1 rings (SSSR count). The lowest BCUT2D eigenvalue weighted by molar-refractivity contribution is 0.268. The highest BCUT2D eigenvalue weighted by atomic mass is 79.9. The second-order valence-electron chi connectivity index (χ2n) is 5.21. The van der Waals surface area contributed by atoms with Crippen LogP contribution in [0.2, 0.25) is 0 Å². The van der Waals surface area contributed by atoms with Crippen LogP contribution < -0.4 is 5.32 Å². The van der Waals surface area contributed by atoms with Crippen molar-refractivity contribution < 1.29 is 0 Å². The Hall–Kier alpha value is 0.1000. The molecule has 1 aromatic carbocycles. The van der Waals surface area contributed by atoms with Gasteiger partial charge in [0.05, 0.1) is 0 Å². The first-order chi connectivity index (χ1) is 9.00. The van der Waals surface area contributed by atoms with E-state index in [-0.39, 0.29) is 0 Å². The molecule has 1 aromatic rings.